The lowest BCUT2D eigenvalue weighted by Crippen LogP contribution is -2.13. The average Bonchev–Trinajstić information content (AvgIpc) is 2.39. The van der Waals surface area contributed by atoms with Crippen LogP contribution in [0.5, 0.6) is 0 Å². The van der Waals surface area contributed by atoms with E-state index in [0.717, 1.165) is 4.47 Å². The van der Waals surface area contributed by atoms with Gasteiger partial charge in [0.1, 0.15) is 11.7 Å². The number of nitrogens with zero attached hydrogens (tertiary/aromatic N) is 1. The smallest absolute Gasteiger partial charge is 0.185 e. The Kier molecular flexibility index (Phi) is 4.89. The fourth-order valence-electron chi connectivity index (χ4n) is 1.82. The molecule has 0 saturated carbocycles. The second-order valence-electron chi connectivity index (χ2n) is 4.11. The minimum absolute atomic E-state index is 0.324. The van der Waals surface area contributed by atoms with Crippen molar-refractivity contribution in [3.8, 4) is 6.07 Å². The molecule has 0 aliphatic rings. The third-order valence-corrected chi connectivity index (χ3v) is 4.16. The van der Waals surface area contributed by atoms with E-state index in [1.807, 2.05) is 34.7 Å². The minimum atomic E-state index is -0.897. The van der Waals surface area contributed by atoms with Gasteiger partial charge in [0.2, 0.25) is 0 Å². The van der Waals surface area contributed by atoms with Crippen LogP contribution in [0, 0.1) is 20.7 Å². The van der Waals surface area contributed by atoms with Gasteiger partial charge < -0.3 is 0 Å². The van der Waals surface area contributed by atoms with Gasteiger partial charge in [-0.3, -0.25) is 4.79 Å². The van der Waals surface area contributed by atoms with Gasteiger partial charge in [-0.2, -0.15) is 5.26 Å². The summed E-state index contributed by atoms with van der Waals surface area (Å²) in [6.45, 7) is 0. The van der Waals surface area contributed by atoms with Crippen LogP contribution in [0.3, 0.4) is 0 Å². The molecule has 2 aromatic carbocycles. The van der Waals surface area contributed by atoms with Crippen molar-refractivity contribution >= 4 is 44.3 Å². The van der Waals surface area contributed by atoms with E-state index in [4.69, 9.17) is 0 Å². The third kappa shape index (κ3) is 3.25. The number of nitriles is 1. The first-order chi connectivity index (χ1) is 9.52. The number of carbonyl (C=O) groups is 1. The molecule has 0 bridgehead atoms. The molecule has 1 unspecified atom stereocenters. The molecule has 0 aliphatic carbocycles. The first kappa shape index (κ1) is 15.1. The van der Waals surface area contributed by atoms with E-state index in [2.05, 4.69) is 15.9 Å². The van der Waals surface area contributed by atoms with Crippen molar-refractivity contribution < 1.29 is 9.18 Å². The number of benzene rings is 2. The molecule has 2 aromatic rings. The number of carbonyl (C=O) groups excluding carboxylic acids is 1. The van der Waals surface area contributed by atoms with Gasteiger partial charge in [-0.15, -0.1) is 0 Å². The molecule has 2 nitrogen and oxygen atoms in total. The van der Waals surface area contributed by atoms with Gasteiger partial charge in [0.05, 0.1) is 6.07 Å². The zero-order chi connectivity index (χ0) is 14.7. The normalized spacial score (nSPS) is 11.7. The quantitative estimate of drug-likeness (QED) is 0.510. The van der Waals surface area contributed by atoms with Gasteiger partial charge in [0.25, 0.3) is 0 Å². The van der Waals surface area contributed by atoms with E-state index in [1.165, 1.54) is 18.2 Å². The fourth-order valence-corrected chi connectivity index (χ4v) is 2.98. The number of halogens is 3. The predicted octanol–water partition coefficient (Wildman–Crippen LogP) is 4.68. The number of Topliss-reactive ketones (excluding diaryl/α,β-unsaturated/α-hetero) is 1. The maximum Gasteiger partial charge on any atom is 0.185 e. The first-order valence-corrected chi connectivity index (χ1v) is 7.54. The summed E-state index contributed by atoms with van der Waals surface area (Å²) < 4.78 is 14.4. The Morgan fingerprint density at radius 1 is 1.30 bits per heavy atom. The van der Waals surface area contributed by atoms with E-state index in [-0.39, 0.29) is 5.78 Å². The van der Waals surface area contributed by atoms with E-state index in [9.17, 15) is 14.4 Å². The van der Waals surface area contributed by atoms with Crippen LogP contribution in [0.25, 0.3) is 0 Å². The Labute approximate surface area is 137 Å². The fraction of sp³-hybridized carbons (Fsp3) is 0.0667. The van der Waals surface area contributed by atoms with Gasteiger partial charge in [0, 0.05) is 13.6 Å². The Hall–Kier alpha value is -1.26. The second-order valence-corrected chi connectivity index (χ2v) is 6.18. The summed E-state index contributed by atoms with van der Waals surface area (Å²) in [6.07, 6.45) is 0. The topological polar surface area (TPSA) is 40.9 Å². The highest BCUT2D eigenvalue weighted by Crippen LogP contribution is 2.25. The maximum atomic E-state index is 13.1. The number of hydrogen-bond donors (Lipinski definition) is 0. The molecule has 0 spiro atoms. The highest BCUT2D eigenvalue weighted by Gasteiger charge is 2.23. The monoisotopic (exact) mass is 443 g/mol. The molecule has 1 atom stereocenters. The van der Waals surface area contributed by atoms with Gasteiger partial charge >= 0.3 is 0 Å². The van der Waals surface area contributed by atoms with E-state index < -0.39 is 11.7 Å². The van der Waals surface area contributed by atoms with Crippen LogP contribution in [0.4, 0.5) is 4.39 Å². The van der Waals surface area contributed by atoms with Gasteiger partial charge in [-0.25, -0.2) is 4.39 Å². The standard InChI is InChI=1S/C15H8BrFINO/c16-10-3-1-2-9(6-10)13(8-19)15(20)12-5-4-11(17)7-14(12)18/h1-7,13H. The lowest BCUT2D eigenvalue weighted by atomic mass is 9.92. The van der Waals surface area contributed by atoms with Crippen molar-refractivity contribution in [2.45, 2.75) is 5.92 Å². The zero-order valence-corrected chi connectivity index (χ0v) is 13.9. The maximum absolute atomic E-state index is 13.1. The van der Waals surface area contributed by atoms with E-state index >= 15 is 0 Å². The Balaban J connectivity index is 2.42. The molecule has 0 amide bonds. The lowest BCUT2D eigenvalue weighted by Gasteiger charge is -2.10. The molecule has 0 aliphatic heterocycles. The summed E-state index contributed by atoms with van der Waals surface area (Å²) in [7, 11) is 0. The van der Waals surface area contributed by atoms with Crippen LogP contribution in [0.2, 0.25) is 0 Å². The highest BCUT2D eigenvalue weighted by atomic mass is 127. The van der Waals surface area contributed by atoms with Crippen LogP contribution in [0.15, 0.2) is 46.9 Å². The van der Waals surface area contributed by atoms with Crippen molar-refractivity contribution in [1.29, 1.82) is 5.26 Å². The van der Waals surface area contributed by atoms with Crippen LogP contribution in [-0.4, -0.2) is 5.78 Å². The van der Waals surface area contributed by atoms with E-state index in [0.29, 0.717) is 14.7 Å². The van der Waals surface area contributed by atoms with Crippen LogP contribution in [0.1, 0.15) is 21.8 Å². The van der Waals surface area contributed by atoms with Gasteiger partial charge in [0.15, 0.2) is 5.78 Å². The Morgan fingerprint density at radius 2 is 2.05 bits per heavy atom. The molecule has 2 rings (SSSR count). The first-order valence-electron chi connectivity index (χ1n) is 5.67. The molecule has 0 aromatic heterocycles. The van der Waals surface area contributed by atoms with Crippen molar-refractivity contribution in [2.75, 3.05) is 0 Å². The predicted molar refractivity (Wildman–Crippen MR) is 85.9 cm³/mol. The lowest BCUT2D eigenvalue weighted by molar-refractivity contribution is 0.0978. The summed E-state index contributed by atoms with van der Waals surface area (Å²) in [6, 6.07) is 13.0. The van der Waals surface area contributed by atoms with Crippen LogP contribution < -0.4 is 0 Å². The molecule has 0 N–H and O–H groups in total. The average molecular weight is 444 g/mol. The summed E-state index contributed by atoms with van der Waals surface area (Å²) in [5.74, 6) is -1.62. The molecule has 20 heavy (non-hydrogen) atoms. The molecule has 0 heterocycles. The van der Waals surface area contributed by atoms with E-state index in [1.54, 1.807) is 18.2 Å². The zero-order valence-electron chi connectivity index (χ0n) is 10.1. The van der Waals surface area contributed by atoms with Crippen LogP contribution in [-0.2, 0) is 0 Å². The Bertz CT molecular complexity index is 711. The molecular weight excluding hydrogens is 436 g/mol. The number of hydrogen-bond acceptors (Lipinski definition) is 2. The van der Waals surface area contributed by atoms with Crippen molar-refractivity contribution in [2.24, 2.45) is 0 Å². The van der Waals surface area contributed by atoms with Crippen molar-refractivity contribution in [3.63, 3.8) is 0 Å². The summed E-state index contributed by atoms with van der Waals surface area (Å²) in [4.78, 5) is 12.5. The highest BCUT2D eigenvalue weighted by molar-refractivity contribution is 14.1. The largest absolute Gasteiger partial charge is 0.292 e. The molecule has 5 heteroatoms. The van der Waals surface area contributed by atoms with Crippen molar-refractivity contribution in [1.82, 2.24) is 0 Å². The van der Waals surface area contributed by atoms with Crippen molar-refractivity contribution in [3.05, 3.63) is 67.5 Å². The molecule has 0 radical (unpaired) electrons. The minimum Gasteiger partial charge on any atom is -0.292 e. The Morgan fingerprint density at radius 3 is 2.65 bits per heavy atom. The van der Waals surface area contributed by atoms with Gasteiger partial charge in [-0.1, -0.05) is 28.1 Å². The SMILES string of the molecule is N#CC(C(=O)c1ccc(F)cc1I)c1cccc(Br)c1. The second kappa shape index (κ2) is 6.46. The summed E-state index contributed by atoms with van der Waals surface area (Å²) >= 11 is 5.21. The molecular formula is C15H8BrFINO. The summed E-state index contributed by atoms with van der Waals surface area (Å²) in [5.41, 5.74) is 0.977. The molecule has 100 valence electrons. The van der Waals surface area contributed by atoms with Gasteiger partial charge in [-0.05, 0) is 58.5 Å². The number of rotatable bonds is 3. The number of ketones is 1. The third-order valence-electron chi connectivity index (χ3n) is 2.77. The summed E-state index contributed by atoms with van der Waals surface area (Å²) in [5, 5.41) is 9.28. The molecule has 0 saturated heterocycles. The van der Waals surface area contributed by atoms with Crippen LogP contribution >= 0.6 is 38.5 Å². The molecule has 0 fully saturated rings.